The average Bonchev–Trinajstić information content (AvgIpc) is 3.05. The summed E-state index contributed by atoms with van der Waals surface area (Å²) >= 11 is 0. The number of rotatable bonds is 8. The smallest absolute Gasteiger partial charge is 0.342 e. The molecule has 1 heterocycles. The van der Waals surface area contributed by atoms with Gasteiger partial charge in [-0.2, -0.15) is 0 Å². The highest BCUT2D eigenvalue weighted by molar-refractivity contribution is 6.01. The second-order valence-electron chi connectivity index (χ2n) is 6.90. The van der Waals surface area contributed by atoms with Crippen LogP contribution in [-0.4, -0.2) is 37.1 Å². The quantitative estimate of drug-likeness (QED) is 0.413. The average molecular weight is 407 g/mol. The van der Waals surface area contributed by atoms with E-state index in [-0.39, 0.29) is 23.7 Å². The van der Waals surface area contributed by atoms with Crippen LogP contribution in [0.15, 0.2) is 54.6 Å². The van der Waals surface area contributed by atoms with Crippen molar-refractivity contribution in [2.75, 3.05) is 20.8 Å². The SMILES string of the molecule is COc1cccc(C(=O)OCC(=O)c2cc(C)n(Cc3ccccc3)c2C)c1OC. The van der Waals surface area contributed by atoms with Gasteiger partial charge >= 0.3 is 5.97 Å². The summed E-state index contributed by atoms with van der Waals surface area (Å²) in [6, 6.07) is 16.8. The Kier molecular flexibility index (Phi) is 6.57. The monoisotopic (exact) mass is 407 g/mol. The van der Waals surface area contributed by atoms with Gasteiger partial charge in [-0.25, -0.2) is 4.79 Å². The summed E-state index contributed by atoms with van der Waals surface area (Å²) in [4.78, 5) is 25.3. The van der Waals surface area contributed by atoms with Crippen LogP contribution in [-0.2, 0) is 11.3 Å². The van der Waals surface area contributed by atoms with E-state index in [1.165, 1.54) is 14.2 Å². The van der Waals surface area contributed by atoms with Crippen LogP contribution in [0.5, 0.6) is 11.5 Å². The third-order valence-electron chi connectivity index (χ3n) is 5.01. The second-order valence-corrected chi connectivity index (χ2v) is 6.90. The van der Waals surface area contributed by atoms with Crippen molar-refractivity contribution in [1.82, 2.24) is 4.57 Å². The number of para-hydroxylation sites is 1. The Morgan fingerprint density at radius 2 is 1.63 bits per heavy atom. The fraction of sp³-hybridized carbons (Fsp3) is 0.250. The molecule has 3 rings (SSSR count). The predicted molar refractivity (Wildman–Crippen MR) is 114 cm³/mol. The van der Waals surface area contributed by atoms with Crippen molar-refractivity contribution >= 4 is 11.8 Å². The molecule has 0 N–H and O–H groups in total. The Balaban J connectivity index is 1.73. The normalized spacial score (nSPS) is 10.5. The van der Waals surface area contributed by atoms with Crippen molar-refractivity contribution in [2.24, 2.45) is 0 Å². The molecule has 0 bridgehead atoms. The van der Waals surface area contributed by atoms with Crippen LogP contribution in [0.25, 0.3) is 0 Å². The minimum absolute atomic E-state index is 0.208. The Labute approximate surface area is 176 Å². The molecular formula is C24H25NO5. The molecule has 0 fully saturated rings. The van der Waals surface area contributed by atoms with Crippen LogP contribution in [0.3, 0.4) is 0 Å². The number of ether oxygens (including phenoxy) is 3. The molecule has 156 valence electrons. The number of carbonyl (C=O) groups excluding carboxylic acids is 2. The van der Waals surface area contributed by atoms with Crippen LogP contribution < -0.4 is 9.47 Å². The molecule has 0 spiro atoms. The molecule has 0 saturated heterocycles. The molecule has 0 unspecified atom stereocenters. The van der Waals surface area contributed by atoms with Crippen LogP contribution in [0, 0.1) is 13.8 Å². The van der Waals surface area contributed by atoms with Gasteiger partial charge in [0, 0.05) is 23.5 Å². The zero-order valence-corrected chi connectivity index (χ0v) is 17.6. The molecule has 6 heteroatoms. The van der Waals surface area contributed by atoms with Gasteiger partial charge in [-0.15, -0.1) is 0 Å². The van der Waals surface area contributed by atoms with Gasteiger partial charge < -0.3 is 18.8 Å². The first kappa shape index (κ1) is 21.2. The van der Waals surface area contributed by atoms with E-state index in [1.807, 2.05) is 50.2 Å². The first-order valence-corrected chi connectivity index (χ1v) is 9.58. The van der Waals surface area contributed by atoms with Gasteiger partial charge in [0.15, 0.2) is 18.1 Å². The van der Waals surface area contributed by atoms with Crippen molar-refractivity contribution in [1.29, 1.82) is 0 Å². The van der Waals surface area contributed by atoms with Gasteiger partial charge in [0.25, 0.3) is 0 Å². The first-order chi connectivity index (χ1) is 14.5. The van der Waals surface area contributed by atoms with E-state index in [9.17, 15) is 9.59 Å². The summed E-state index contributed by atoms with van der Waals surface area (Å²) in [6.45, 7) is 4.18. The topological polar surface area (TPSA) is 66.8 Å². The number of ketones is 1. The molecule has 0 atom stereocenters. The van der Waals surface area contributed by atoms with Crippen LogP contribution >= 0.6 is 0 Å². The summed E-state index contributed by atoms with van der Waals surface area (Å²) in [7, 11) is 2.93. The van der Waals surface area contributed by atoms with Gasteiger partial charge in [-0.1, -0.05) is 36.4 Å². The van der Waals surface area contributed by atoms with Crippen molar-refractivity contribution in [3.05, 3.63) is 82.7 Å². The first-order valence-electron chi connectivity index (χ1n) is 9.58. The predicted octanol–water partition coefficient (Wildman–Crippen LogP) is 4.21. The molecule has 0 radical (unpaired) electrons. The van der Waals surface area contributed by atoms with E-state index < -0.39 is 5.97 Å². The molecule has 2 aromatic carbocycles. The van der Waals surface area contributed by atoms with E-state index in [4.69, 9.17) is 14.2 Å². The van der Waals surface area contributed by atoms with Gasteiger partial charge in [0.05, 0.1) is 14.2 Å². The van der Waals surface area contributed by atoms with Gasteiger partial charge in [0.2, 0.25) is 5.78 Å². The number of hydrogen-bond donors (Lipinski definition) is 0. The lowest BCUT2D eigenvalue weighted by Gasteiger charge is -2.12. The highest BCUT2D eigenvalue weighted by Gasteiger charge is 2.21. The Bertz CT molecular complexity index is 1050. The zero-order valence-electron chi connectivity index (χ0n) is 17.6. The number of hydrogen-bond acceptors (Lipinski definition) is 5. The van der Waals surface area contributed by atoms with Gasteiger partial charge in [-0.3, -0.25) is 4.79 Å². The van der Waals surface area contributed by atoms with Gasteiger partial charge in [-0.05, 0) is 37.6 Å². The maximum absolute atomic E-state index is 12.8. The number of aryl methyl sites for hydroxylation is 1. The summed E-state index contributed by atoms with van der Waals surface area (Å²) in [5.41, 5.74) is 3.72. The van der Waals surface area contributed by atoms with E-state index in [1.54, 1.807) is 18.2 Å². The largest absolute Gasteiger partial charge is 0.493 e. The maximum Gasteiger partial charge on any atom is 0.342 e. The highest BCUT2D eigenvalue weighted by Crippen LogP contribution is 2.31. The molecule has 0 amide bonds. The van der Waals surface area contributed by atoms with Crippen LogP contribution in [0.1, 0.15) is 37.7 Å². The molecule has 0 saturated carbocycles. The maximum atomic E-state index is 12.8. The minimum atomic E-state index is -0.641. The van der Waals surface area contributed by atoms with Crippen molar-refractivity contribution in [3.63, 3.8) is 0 Å². The Hall–Kier alpha value is -3.54. The molecule has 6 nitrogen and oxygen atoms in total. The van der Waals surface area contributed by atoms with Crippen LogP contribution in [0.2, 0.25) is 0 Å². The number of aromatic nitrogens is 1. The fourth-order valence-corrected chi connectivity index (χ4v) is 3.43. The number of esters is 1. The third-order valence-corrected chi connectivity index (χ3v) is 5.01. The van der Waals surface area contributed by atoms with Gasteiger partial charge in [0.1, 0.15) is 5.56 Å². The summed E-state index contributed by atoms with van der Waals surface area (Å²) in [6.07, 6.45) is 0. The molecule has 0 aliphatic rings. The molecule has 0 aliphatic heterocycles. The molecule has 1 aromatic heterocycles. The van der Waals surface area contributed by atoms with E-state index >= 15 is 0 Å². The summed E-state index contributed by atoms with van der Waals surface area (Å²) in [5, 5.41) is 0. The highest BCUT2D eigenvalue weighted by atomic mass is 16.5. The second kappa shape index (κ2) is 9.31. The lowest BCUT2D eigenvalue weighted by molar-refractivity contribution is 0.0471. The zero-order chi connectivity index (χ0) is 21.7. The standard InChI is InChI=1S/C24H25NO5/c1-16-13-20(17(2)25(16)14-18-9-6-5-7-10-18)21(26)15-30-24(27)19-11-8-12-22(28-3)23(19)29-4/h5-13H,14-15H2,1-4H3. The molecular weight excluding hydrogens is 382 g/mol. The number of nitrogens with zero attached hydrogens (tertiary/aromatic N) is 1. The Morgan fingerprint density at radius 1 is 0.900 bits per heavy atom. The van der Waals surface area contributed by atoms with Crippen molar-refractivity contribution in [2.45, 2.75) is 20.4 Å². The summed E-state index contributed by atoms with van der Waals surface area (Å²) in [5.74, 6) is -0.198. The van der Waals surface area contributed by atoms with E-state index in [0.29, 0.717) is 17.9 Å². The van der Waals surface area contributed by atoms with E-state index in [2.05, 4.69) is 4.57 Å². The molecule has 0 aliphatic carbocycles. The summed E-state index contributed by atoms with van der Waals surface area (Å²) < 4.78 is 17.8. The number of benzene rings is 2. The minimum Gasteiger partial charge on any atom is -0.493 e. The van der Waals surface area contributed by atoms with Crippen molar-refractivity contribution < 1.29 is 23.8 Å². The number of methoxy groups -OCH3 is 2. The third kappa shape index (κ3) is 4.38. The fourth-order valence-electron chi connectivity index (χ4n) is 3.43. The molecule has 30 heavy (non-hydrogen) atoms. The Morgan fingerprint density at radius 3 is 2.30 bits per heavy atom. The van der Waals surface area contributed by atoms with E-state index in [0.717, 1.165) is 17.0 Å². The molecule has 3 aromatic rings. The lowest BCUT2D eigenvalue weighted by Crippen LogP contribution is -2.16. The van der Waals surface area contributed by atoms with Crippen LogP contribution in [0.4, 0.5) is 0 Å². The number of carbonyl (C=O) groups is 2. The van der Waals surface area contributed by atoms with Crippen molar-refractivity contribution in [3.8, 4) is 11.5 Å². The number of Topliss-reactive ketones (excluding diaryl/α,β-unsaturated/α-hetero) is 1. The lowest BCUT2D eigenvalue weighted by atomic mass is 10.1.